The zero-order valence-electron chi connectivity index (χ0n) is 16.5. The van der Waals surface area contributed by atoms with Crippen molar-refractivity contribution in [2.45, 2.75) is 58.3 Å². The summed E-state index contributed by atoms with van der Waals surface area (Å²) in [6.45, 7) is 10.9. The van der Waals surface area contributed by atoms with E-state index in [1.807, 2.05) is 20.8 Å². The predicted octanol–water partition coefficient (Wildman–Crippen LogP) is -3.27. The molecule has 0 fully saturated rings. The number of Topliss-reactive ketones (excluding diaryl/α,β-unsaturated/α-hetero) is 1. The Bertz CT molecular complexity index is 692. The van der Waals surface area contributed by atoms with Crippen LogP contribution >= 0.6 is 0 Å². The molecule has 0 unspecified atom stereocenters. The van der Waals surface area contributed by atoms with Gasteiger partial charge < -0.3 is 5.32 Å². The number of hydrogen-bond donors (Lipinski definition) is 1. The monoisotopic (exact) mass is 331 g/mol. The van der Waals surface area contributed by atoms with Gasteiger partial charge in [-0.15, -0.1) is 27.3 Å². The number of nitrogens with one attached hydrogen (secondary N) is 1. The Morgan fingerprint density at radius 2 is 1.15 bits per heavy atom. The van der Waals surface area contributed by atoms with Gasteiger partial charge in [0.25, 0.3) is 0 Å². The van der Waals surface area contributed by atoms with Gasteiger partial charge in [0.05, 0.1) is 7.85 Å². The molecule has 0 aliphatic rings. The molecule has 9 heteroatoms. The summed E-state index contributed by atoms with van der Waals surface area (Å²) < 4.78 is 0. The largest absolute Gasteiger partial charge is 0.308 e. The van der Waals surface area contributed by atoms with Gasteiger partial charge in [0.1, 0.15) is 52.9 Å². The van der Waals surface area contributed by atoms with Gasteiger partial charge in [-0.05, 0) is 26.6 Å². The Balaban J connectivity index is 3.73. The second-order valence-corrected chi connectivity index (χ2v) is 8.78. The van der Waals surface area contributed by atoms with Crippen LogP contribution in [-0.2, 0) is 4.79 Å². The lowest BCUT2D eigenvalue weighted by Gasteiger charge is -2.46. The average Bonchev–Trinajstić information content (AvgIpc) is 2.47. The van der Waals surface area contributed by atoms with Gasteiger partial charge in [-0.1, -0.05) is 26.3 Å². The molecule has 14 radical (unpaired) electrons. The first-order valence-corrected chi connectivity index (χ1v) is 8.35. The van der Waals surface area contributed by atoms with E-state index in [2.05, 4.69) is 5.32 Å². The maximum Gasteiger partial charge on any atom is 0.148 e. The highest BCUT2D eigenvalue weighted by Crippen LogP contribution is 2.31. The zero-order valence-corrected chi connectivity index (χ0v) is 16.5. The number of rotatable bonds is 4. The Labute approximate surface area is 167 Å². The normalized spacial score (nSPS) is 16.1. The third kappa shape index (κ3) is 4.40. The van der Waals surface area contributed by atoms with Crippen LogP contribution in [-0.4, -0.2) is 71.7 Å². The second kappa shape index (κ2) is 7.38. The van der Waals surface area contributed by atoms with Crippen LogP contribution in [0, 0.1) is 5.41 Å². The molecule has 1 rings (SSSR count). The predicted molar refractivity (Wildman–Crippen MR) is 118 cm³/mol. The van der Waals surface area contributed by atoms with Crippen LogP contribution in [0.25, 0.3) is 0 Å². The van der Waals surface area contributed by atoms with E-state index in [0.717, 1.165) is 0 Å². The summed E-state index contributed by atoms with van der Waals surface area (Å²) in [5.41, 5.74) is -2.46. The number of hydrogen-bond acceptors (Lipinski definition) is 2. The van der Waals surface area contributed by atoms with Crippen LogP contribution in [0.1, 0.15) is 52.9 Å². The first-order valence-electron chi connectivity index (χ1n) is 8.35. The lowest BCUT2D eigenvalue weighted by molar-refractivity contribution is -0.130. The lowest BCUT2D eigenvalue weighted by atomic mass is 9.48. The van der Waals surface area contributed by atoms with Crippen molar-refractivity contribution in [1.29, 1.82) is 0 Å². The fourth-order valence-electron chi connectivity index (χ4n) is 2.95. The van der Waals surface area contributed by atoms with E-state index in [9.17, 15) is 4.79 Å². The van der Waals surface area contributed by atoms with Crippen molar-refractivity contribution in [3.8, 4) is 0 Å². The van der Waals surface area contributed by atoms with E-state index in [1.165, 1.54) is 0 Å². The molecule has 2 nitrogen and oxygen atoms in total. The molecule has 26 heavy (non-hydrogen) atoms. The molecule has 0 aliphatic heterocycles. The molecule has 0 heterocycles. The molecule has 0 saturated heterocycles. The molecular weight excluding hydrogens is 310 g/mol. The van der Waals surface area contributed by atoms with Crippen LogP contribution in [0.15, 0.2) is 0 Å². The fourth-order valence-corrected chi connectivity index (χ4v) is 2.95. The first kappa shape index (κ1) is 23.3. The molecular formula is C17H20B7NO. The van der Waals surface area contributed by atoms with E-state index in [4.69, 9.17) is 54.9 Å². The van der Waals surface area contributed by atoms with Crippen molar-refractivity contribution in [1.82, 2.24) is 5.32 Å². The highest BCUT2D eigenvalue weighted by Gasteiger charge is 2.45. The summed E-state index contributed by atoms with van der Waals surface area (Å²) in [5, 5.41) is 3.12. The van der Waals surface area contributed by atoms with Gasteiger partial charge >= 0.3 is 0 Å². The second-order valence-electron chi connectivity index (χ2n) is 8.78. The maximum absolute atomic E-state index is 13.2. The van der Waals surface area contributed by atoms with Crippen LogP contribution in [0.3, 0.4) is 0 Å². The van der Waals surface area contributed by atoms with Gasteiger partial charge in [0.15, 0.2) is 0 Å². The Hall–Kier alpha value is -0.695. The molecule has 0 bridgehead atoms. The number of ketones is 1. The summed E-state index contributed by atoms with van der Waals surface area (Å²) in [7, 11) is 42.9. The molecule has 0 spiro atoms. The van der Waals surface area contributed by atoms with Crippen LogP contribution < -0.4 is 32.6 Å². The number of carbonyl (C=O) groups is 1. The summed E-state index contributed by atoms with van der Waals surface area (Å²) in [6, 6.07) is 0. The lowest BCUT2D eigenvalue weighted by Crippen LogP contribution is -2.67. The molecule has 0 amide bonds. The zero-order chi connectivity index (χ0) is 20.8. The van der Waals surface area contributed by atoms with Gasteiger partial charge in [0, 0.05) is 16.4 Å². The molecule has 120 valence electrons. The standard InChI is InChI=1S/C17H20B7NO/c1-15(2,3)14(26)17(24,25-16(4,5)6)13(23)7-8(18)10(20)12(22)11(21)9(7)19/h13,25H,1-6H3/t13-,17-/m0/s1. The van der Waals surface area contributed by atoms with Crippen LogP contribution in [0.5, 0.6) is 0 Å². The molecule has 1 aromatic rings. The van der Waals surface area contributed by atoms with Gasteiger partial charge in [-0.2, -0.15) is 0 Å². The molecule has 1 N–H and O–H groups in total. The summed E-state index contributed by atoms with van der Waals surface area (Å²) in [6.07, 6.45) is 0. The molecule has 0 aromatic heterocycles. The van der Waals surface area contributed by atoms with E-state index in [0.29, 0.717) is 0 Å². The van der Waals surface area contributed by atoms with E-state index in [1.54, 1.807) is 20.8 Å². The van der Waals surface area contributed by atoms with Crippen molar-refractivity contribution in [2.24, 2.45) is 5.41 Å². The maximum atomic E-state index is 13.2. The first-order chi connectivity index (χ1) is 11.4. The Morgan fingerprint density at radius 1 is 0.808 bits per heavy atom. The highest BCUT2D eigenvalue weighted by molar-refractivity contribution is 6.67. The Kier molecular flexibility index (Phi) is 6.62. The van der Waals surface area contributed by atoms with E-state index < -0.39 is 22.2 Å². The smallest absolute Gasteiger partial charge is 0.148 e. The molecule has 2 atom stereocenters. The summed E-state index contributed by atoms with van der Waals surface area (Å²) in [5.74, 6) is -1.42. The fraction of sp³-hybridized carbons (Fsp3) is 0.588. The third-order valence-electron chi connectivity index (χ3n) is 4.18. The number of carbonyl (C=O) groups excluding carboxylic acids is 1. The molecule has 1 aromatic carbocycles. The highest BCUT2D eigenvalue weighted by atomic mass is 16.1. The minimum absolute atomic E-state index is 0.0588. The van der Waals surface area contributed by atoms with E-state index in [-0.39, 0.29) is 38.7 Å². The van der Waals surface area contributed by atoms with Gasteiger partial charge in [0.2, 0.25) is 0 Å². The summed E-state index contributed by atoms with van der Waals surface area (Å²) >= 11 is 0. The minimum atomic E-state index is -1.67. The van der Waals surface area contributed by atoms with Crippen LogP contribution in [0.4, 0.5) is 0 Å². The Morgan fingerprint density at radius 3 is 1.46 bits per heavy atom. The minimum Gasteiger partial charge on any atom is -0.308 e. The van der Waals surface area contributed by atoms with Crippen LogP contribution in [0.2, 0.25) is 0 Å². The topological polar surface area (TPSA) is 29.1 Å². The summed E-state index contributed by atoms with van der Waals surface area (Å²) in [4.78, 5) is 13.2. The quantitative estimate of drug-likeness (QED) is 0.588. The van der Waals surface area contributed by atoms with Crippen molar-refractivity contribution in [3.05, 3.63) is 5.56 Å². The third-order valence-corrected chi connectivity index (χ3v) is 4.18. The molecule has 0 aliphatic carbocycles. The van der Waals surface area contributed by atoms with E-state index >= 15 is 0 Å². The average molecular weight is 330 g/mol. The van der Waals surface area contributed by atoms with Crippen molar-refractivity contribution in [3.63, 3.8) is 0 Å². The number of benzene rings is 1. The van der Waals surface area contributed by atoms with Crippen molar-refractivity contribution < 1.29 is 4.79 Å². The molecule has 0 saturated carbocycles. The van der Waals surface area contributed by atoms with Crippen molar-refractivity contribution >= 4 is 88.0 Å². The SMILES string of the molecule is [B]c1c([B])c([B])c([C@H]([B])[C@]([B])(NC(C)(C)C)C(=O)C(C)(C)C)c([B])c1[B]. The van der Waals surface area contributed by atoms with Gasteiger partial charge in [-0.3, -0.25) is 4.79 Å². The van der Waals surface area contributed by atoms with Crippen molar-refractivity contribution in [2.75, 3.05) is 0 Å². The van der Waals surface area contributed by atoms with Gasteiger partial charge in [-0.25, -0.2) is 0 Å².